The number of rotatable bonds is 5. The maximum atomic E-state index is 11.1. The van der Waals surface area contributed by atoms with Crippen LogP contribution in [-0.2, 0) is 4.79 Å². The predicted octanol–water partition coefficient (Wildman–Crippen LogP) is 0.550. The quantitative estimate of drug-likeness (QED) is 0.614. The number of hydrogen-bond donors (Lipinski definition) is 1. The molecule has 1 aromatic heterocycles. The lowest BCUT2D eigenvalue weighted by atomic mass is 9.87. The van der Waals surface area contributed by atoms with Gasteiger partial charge in [0.25, 0.3) is 5.88 Å². The molecule has 0 bridgehead atoms. The van der Waals surface area contributed by atoms with Crippen molar-refractivity contribution < 1.29 is 19.6 Å². The highest BCUT2D eigenvalue weighted by Gasteiger charge is 2.39. The number of carbonyl (C=O) groups is 1. The molecule has 1 aliphatic rings. The molecule has 9 heteroatoms. The fourth-order valence-electron chi connectivity index (χ4n) is 2.10. The fraction of sp³-hybridized carbons (Fsp3) is 0.545. The van der Waals surface area contributed by atoms with Crippen LogP contribution in [0.15, 0.2) is 6.33 Å². The van der Waals surface area contributed by atoms with Gasteiger partial charge >= 0.3 is 11.7 Å². The van der Waals surface area contributed by atoms with Crippen LogP contribution in [0.1, 0.15) is 6.92 Å². The van der Waals surface area contributed by atoms with Crippen LogP contribution >= 0.6 is 0 Å². The van der Waals surface area contributed by atoms with E-state index in [1.165, 1.54) is 13.4 Å². The van der Waals surface area contributed by atoms with Crippen LogP contribution in [0, 0.1) is 22.0 Å². The zero-order valence-corrected chi connectivity index (χ0v) is 11.0. The number of nitro groups is 1. The van der Waals surface area contributed by atoms with Gasteiger partial charge in [0.15, 0.2) is 0 Å². The normalized spacial score (nSPS) is 16.4. The Hall–Kier alpha value is -2.45. The van der Waals surface area contributed by atoms with Crippen LogP contribution in [0.3, 0.4) is 0 Å². The first-order valence-electron chi connectivity index (χ1n) is 5.96. The van der Waals surface area contributed by atoms with Gasteiger partial charge in [-0.15, -0.1) is 0 Å². The van der Waals surface area contributed by atoms with Gasteiger partial charge in [0.05, 0.1) is 18.0 Å². The molecule has 1 saturated heterocycles. The van der Waals surface area contributed by atoms with E-state index in [0.717, 1.165) is 0 Å². The molecular weight excluding hydrogens is 268 g/mol. The van der Waals surface area contributed by atoms with Crippen LogP contribution < -0.4 is 9.64 Å². The Labute approximate surface area is 114 Å². The summed E-state index contributed by atoms with van der Waals surface area (Å²) in [6.45, 7) is 2.45. The number of aliphatic carboxylic acids is 1. The second-order valence-corrected chi connectivity index (χ2v) is 4.60. The standard InChI is InChI=1S/C11H14N4O5/c1-6(11(16)17)7-3-14(4-7)9-8(15(18)19)10(20-2)13-5-12-9/h5-7H,3-4H2,1-2H3,(H,16,17). The number of nitrogens with zero attached hydrogens (tertiary/aromatic N) is 4. The van der Waals surface area contributed by atoms with Gasteiger partial charge in [0, 0.05) is 19.0 Å². The smallest absolute Gasteiger partial charge is 0.372 e. The van der Waals surface area contributed by atoms with Crippen molar-refractivity contribution in [3.8, 4) is 5.88 Å². The number of hydrogen-bond acceptors (Lipinski definition) is 7. The van der Waals surface area contributed by atoms with Crippen molar-refractivity contribution in [1.29, 1.82) is 0 Å². The molecule has 1 atom stereocenters. The van der Waals surface area contributed by atoms with E-state index in [1.807, 2.05) is 0 Å². The zero-order chi connectivity index (χ0) is 14.9. The van der Waals surface area contributed by atoms with Gasteiger partial charge in [-0.05, 0) is 0 Å². The number of carboxylic acids is 1. The lowest BCUT2D eigenvalue weighted by molar-refractivity contribution is -0.385. The molecule has 9 nitrogen and oxygen atoms in total. The van der Waals surface area contributed by atoms with E-state index in [0.29, 0.717) is 13.1 Å². The zero-order valence-electron chi connectivity index (χ0n) is 11.0. The molecule has 0 radical (unpaired) electrons. The lowest BCUT2D eigenvalue weighted by Crippen LogP contribution is -2.51. The molecule has 0 aromatic carbocycles. The van der Waals surface area contributed by atoms with Gasteiger partial charge in [0.2, 0.25) is 5.82 Å². The maximum Gasteiger partial charge on any atom is 0.372 e. The van der Waals surface area contributed by atoms with E-state index >= 15 is 0 Å². The predicted molar refractivity (Wildman–Crippen MR) is 67.7 cm³/mol. The highest BCUT2D eigenvalue weighted by molar-refractivity contribution is 5.71. The van der Waals surface area contributed by atoms with Crippen LogP contribution in [0.2, 0.25) is 0 Å². The van der Waals surface area contributed by atoms with Gasteiger partial charge in [0.1, 0.15) is 6.33 Å². The molecule has 0 saturated carbocycles. The van der Waals surface area contributed by atoms with Crippen LogP contribution in [0.25, 0.3) is 0 Å². The Bertz CT molecular complexity index is 544. The molecular formula is C11H14N4O5. The summed E-state index contributed by atoms with van der Waals surface area (Å²) in [4.78, 5) is 30.7. The number of carboxylic acid groups (broad SMARTS) is 1. The first-order chi connectivity index (χ1) is 9.45. The minimum absolute atomic E-state index is 0.0481. The number of ether oxygens (including phenoxy) is 1. The van der Waals surface area contributed by atoms with Crippen LogP contribution in [0.5, 0.6) is 5.88 Å². The monoisotopic (exact) mass is 282 g/mol. The molecule has 1 unspecified atom stereocenters. The molecule has 1 N–H and O–H groups in total. The Morgan fingerprint density at radius 2 is 2.25 bits per heavy atom. The highest BCUT2D eigenvalue weighted by Crippen LogP contribution is 2.37. The topological polar surface area (TPSA) is 119 Å². The first kappa shape index (κ1) is 14.0. The van der Waals surface area contributed by atoms with Gasteiger partial charge in [-0.25, -0.2) is 4.98 Å². The second-order valence-electron chi connectivity index (χ2n) is 4.60. The third-order valence-corrected chi connectivity index (χ3v) is 3.45. The SMILES string of the molecule is COc1ncnc(N2CC(C(C)C(=O)O)C2)c1[N+](=O)[O-]. The fourth-order valence-corrected chi connectivity index (χ4v) is 2.10. The molecule has 1 aliphatic heterocycles. The average Bonchev–Trinajstić information content (AvgIpc) is 2.35. The third kappa shape index (κ3) is 2.33. The molecule has 0 spiro atoms. The van der Waals surface area contributed by atoms with E-state index in [2.05, 4.69) is 9.97 Å². The Balaban J connectivity index is 2.20. The largest absolute Gasteiger partial charge is 0.481 e. The summed E-state index contributed by atoms with van der Waals surface area (Å²) < 4.78 is 4.87. The molecule has 0 amide bonds. The summed E-state index contributed by atoms with van der Waals surface area (Å²) in [6, 6.07) is 0. The van der Waals surface area contributed by atoms with Crippen molar-refractivity contribution >= 4 is 17.5 Å². The minimum atomic E-state index is -0.871. The molecule has 108 valence electrons. The molecule has 1 fully saturated rings. The minimum Gasteiger partial charge on any atom is -0.481 e. The Morgan fingerprint density at radius 1 is 1.60 bits per heavy atom. The third-order valence-electron chi connectivity index (χ3n) is 3.45. The van der Waals surface area contributed by atoms with E-state index in [1.54, 1.807) is 11.8 Å². The Kier molecular flexibility index (Phi) is 3.68. The number of methoxy groups -OCH3 is 1. The summed E-state index contributed by atoms with van der Waals surface area (Å²) in [6.07, 6.45) is 1.19. The van der Waals surface area contributed by atoms with E-state index < -0.39 is 16.8 Å². The molecule has 1 aromatic rings. The van der Waals surface area contributed by atoms with Crippen molar-refractivity contribution in [1.82, 2.24) is 9.97 Å². The Morgan fingerprint density at radius 3 is 2.75 bits per heavy atom. The molecule has 2 heterocycles. The van der Waals surface area contributed by atoms with Crippen molar-refractivity contribution in [2.24, 2.45) is 11.8 Å². The van der Waals surface area contributed by atoms with Crippen molar-refractivity contribution in [2.45, 2.75) is 6.92 Å². The second kappa shape index (κ2) is 5.27. The van der Waals surface area contributed by atoms with Gasteiger partial charge in [-0.1, -0.05) is 6.92 Å². The van der Waals surface area contributed by atoms with E-state index in [-0.39, 0.29) is 23.3 Å². The average molecular weight is 282 g/mol. The molecule has 20 heavy (non-hydrogen) atoms. The van der Waals surface area contributed by atoms with Crippen molar-refractivity contribution in [3.05, 3.63) is 16.4 Å². The summed E-state index contributed by atoms with van der Waals surface area (Å²) >= 11 is 0. The van der Waals surface area contributed by atoms with Gasteiger partial charge in [-0.3, -0.25) is 14.9 Å². The van der Waals surface area contributed by atoms with Crippen molar-refractivity contribution in [3.63, 3.8) is 0 Å². The van der Waals surface area contributed by atoms with Crippen molar-refractivity contribution in [2.75, 3.05) is 25.1 Å². The number of anilines is 1. The summed E-state index contributed by atoms with van der Waals surface area (Å²) in [5.41, 5.74) is -0.295. The summed E-state index contributed by atoms with van der Waals surface area (Å²) in [7, 11) is 1.30. The van der Waals surface area contributed by atoms with E-state index in [9.17, 15) is 14.9 Å². The molecule has 2 rings (SSSR count). The van der Waals surface area contributed by atoms with Gasteiger partial charge in [-0.2, -0.15) is 4.98 Å². The highest BCUT2D eigenvalue weighted by atomic mass is 16.6. The van der Waals surface area contributed by atoms with E-state index in [4.69, 9.17) is 9.84 Å². The van der Waals surface area contributed by atoms with Gasteiger partial charge < -0.3 is 14.7 Å². The lowest BCUT2D eigenvalue weighted by Gasteiger charge is -2.41. The first-order valence-corrected chi connectivity index (χ1v) is 5.96. The summed E-state index contributed by atoms with van der Waals surface area (Å²) in [5.74, 6) is -1.35. The summed E-state index contributed by atoms with van der Waals surface area (Å²) in [5, 5.41) is 20.0. The van der Waals surface area contributed by atoms with Crippen LogP contribution in [-0.4, -0.2) is 46.2 Å². The molecule has 0 aliphatic carbocycles. The van der Waals surface area contributed by atoms with Crippen LogP contribution in [0.4, 0.5) is 11.5 Å². The number of aromatic nitrogens is 2. The maximum absolute atomic E-state index is 11.1.